The molecule has 4 heteroatoms. The summed E-state index contributed by atoms with van der Waals surface area (Å²) in [5.41, 5.74) is 1.50. The van der Waals surface area contributed by atoms with Crippen LogP contribution in [-0.4, -0.2) is 11.7 Å². The first-order valence-corrected chi connectivity index (χ1v) is 7.03. The third kappa shape index (κ3) is 4.09. The lowest BCUT2D eigenvalue weighted by molar-refractivity contribution is 0.168. The van der Waals surface area contributed by atoms with Gasteiger partial charge in [-0.3, -0.25) is 0 Å². The molecule has 2 unspecified atom stereocenters. The first-order valence-electron chi connectivity index (χ1n) is 7.03. The third-order valence-electron chi connectivity index (χ3n) is 3.50. The van der Waals surface area contributed by atoms with E-state index < -0.39 is 17.7 Å². The summed E-state index contributed by atoms with van der Waals surface area (Å²) in [6.07, 6.45) is -0.00742. The van der Waals surface area contributed by atoms with Crippen LogP contribution in [0.4, 0.5) is 8.78 Å². The Morgan fingerprint density at radius 1 is 1.00 bits per heavy atom. The molecule has 0 aromatic heterocycles. The van der Waals surface area contributed by atoms with E-state index in [1.165, 1.54) is 6.07 Å². The molecule has 0 amide bonds. The Hall–Kier alpha value is -1.78. The van der Waals surface area contributed by atoms with Gasteiger partial charge in [0, 0.05) is 12.6 Å². The molecule has 0 fully saturated rings. The summed E-state index contributed by atoms with van der Waals surface area (Å²) >= 11 is 0. The molecule has 0 radical (unpaired) electrons. The lowest BCUT2D eigenvalue weighted by atomic mass is 10.0. The predicted octanol–water partition coefficient (Wildman–Crippen LogP) is 3.74. The fraction of sp³-hybridized carbons (Fsp3) is 0.294. The van der Waals surface area contributed by atoms with Gasteiger partial charge in [-0.25, -0.2) is 8.78 Å². The summed E-state index contributed by atoms with van der Waals surface area (Å²) in [5.74, 6) is -1.85. The molecule has 0 spiro atoms. The van der Waals surface area contributed by atoms with E-state index in [0.29, 0.717) is 5.56 Å². The Bertz CT molecular complexity index is 574. The number of aliphatic hydroxyl groups excluding tert-OH is 1. The number of halogens is 2. The van der Waals surface area contributed by atoms with Gasteiger partial charge in [-0.1, -0.05) is 43.3 Å². The molecule has 2 aromatic rings. The number of rotatable bonds is 6. The quantitative estimate of drug-likeness (QED) is 0.850. The highest BCUT2D eigenvalue weighted by Crippen LogP contribution is 2.19. The molecule has 2 N–H and O–H groups in total. The van der Waals surface area contributed by atoms with Crippen LogP contribution in [0.2, 0.25) is 0 Å². The summed E-state index contributed by atoms with van der Waals surface area (Å²) in [4.78, 5) is 0. The lowest BCUT2D eigenvalue weighted by Gasteiger charge is -2.20. The predicted molar refractivity (Wildman–Crippen MR) is 78.8 cm³/mol. The SMILES string of the molecule is CCC(NCC(O)c1ccc(F)c(F)c1)c1ccccc1. The van der Waals surface area contributed by atoms with E-state index in [9.17, 15) is 13.9 Å². The molecule has 0 heterocycles. The average Bonchev–Trinajstić information content (AvgIpc) is 2.51. The summed E-state index contributed by atoms with van der Waals surface area (Å²) in [7, 11) is 0. The molecule has 2 rings (SSSR count). The van der Waals surface area contributed by atoms with Crippen molar-refractivity contribution in [3.63, 3.8) is 0 Å². The van der Waals surface area contributed by atoms with Gasteiger partial charge in [0.15, 0.2) is 11.6 Å². The molecule has 0 saturated heterocycles. The molecular formula is C17H19F2NO. The molecule has 2 nitrogen and oxygen atoms in total. The Kier molecular flexibility index (Phi) is 5.42. The molecule has 2 aromatic carbocycles. The van der Waals surface area contributed by atoms with E-state index in [0.717, 1.165) is 24.1 Å². The molecule has 0 bridgehead atoms. The first-order chi connectivity index (χ1) is 10.1. The van der Waals surface area contributed by atoms with Gasteiger partial charge in [0.1, 0.15) is 0 Å². The van der Waals surface area contributed by atoms with Crippen molar-refractivity contribution in [2.24, 2.45) is 0 Å². The van der Waals surface area contributed by atoms with Crippen molar-refractivity contribution in [1.82, 2.24) is 5.32 Å². The number of benzene rings is 2. The second-order valence-electron chi connectivity index (χ2n) is 4.97. The van der Waals surface area contributed by atoms with Crippen molar-refractivity contribution < 1.29 is 13.9 Å². The maximum absolute atomic E-state index is 13.2. The van der Waals surface area contributed by atoms with Crippen molar-refractivity contribution in [1.29, 1.82) is 0 Å². The highest BCUT2D eigenvalue weighted by molar-refractivity contribution is 5.21. The Balaban J connectivity index is 1.99. The van der Waals surface area contributed by atoms with Crippen LogP contribution in [0.25, 0.3) is 0 Å². The Morgan fingerprint density at radius 3 is 2.33 bits per heavy atom. The fourth-order valence-corrected chi connectivity index (χ4v) is 2.27. The Labute approximate surface area is 123 Å². The van der Waals surface area contributed by atoms with Crippen LogP contribution < -0.4 is 5.32 Å². The summed E-state index contributed by atoms with van der Waals surface area (Å²) in [6.45, 7) is 2.33. The second-order valence-corrected chi connectivity index (χ2v) is 4.97. The van der Waals surface area contributed by atoms with Gasteiger partial charge in [-0.15, -0.1) is 0 Å². The van der Waals surface area contributed by atoms with Crippen LogP contribution in [0, 0.1) is 11.6 Å². The second kappa shape index (κ2) is 7.29. The van der Waals surface area contributed by atoms with Crippen LogP contribution in [0.5, 0.6) is 0 Å². The van der Waals surface area contributed by atoms with Crippen LogP contribution in [0.1, 0.15) is 36.6 Å². The molecule has 0 aliphatic rings. The van der Waals surface area contributed by atoms with Gasteiger partial charge < -0.3 is 10.4 Å². The highest BCUT2D eigenvalue weighted by Gasteiger charge is 2.14. The first kappa shape index (κ1) is 15.6. The van der Waals surface area contributed by atoms with Gasteiger partial charge >= 0.3 is 0 Å². The standard InChI is InChI=1S/C17H19F2NO/c1-2-16(12-6-4-3-5-7-12)20-11-17(21)13-8-9-14(18)15(19)10-13/h3-10,16-17,20-21H,2,11H2,1H3. The van der Waals surface area contributed by atoms with Crippen LogP contribution in [-0.2, 0) is 0 Å². The minimum absolute atomic E-state index is 0.117. The maximum Gasteiger partial charge on any atom is 0.159 e. The Morgan fingerprint density at radius 2 is 1.71 bits per heavy atom. The van der Waals surface area contributed by atoms with E-state index >= 15 is 0 Å². The zero-order chi connectivity index (χ0) is 15.2. The van der Waals surface area contributed by atoms with Crippen LogP contribution in [0.15, 0.2) is 48.5 Å². The van der Waals surface area contributed by atoms with Gasteiger partial charge in [-0.05, 0) is 29.7 Å². The smallest absolute Gasteiger partial charge is 0.159 e. The average molecular weight is 291 g/mol. The molecule has 0 aliphatic heterocycles. The number of hydrogen-bond donors (Lipinski definition) is 2. The number of hydrogen-bond acceptors (Lipinski definition) is 2. The molecule has 112 valence electrons. The minimum atomic E-state index is -0.943. The van der Waals surface area contributed by atoms with Crippen LogP contribution in [0.3, 0.4) is 0 Å². The molecule has 0 aliphatic carbocycles. The van der Waals surface area contributed by atoms with E-state index in [1.54, 1.807) is 0 Å². The van der Waals surface area contributed by atoms with Crippen molar-refractivity contribution in [2.75, 3.05) is 6.54 Å². The van der Waals surface area contributed by atoms with E-state index in [4.69, 9.17) is 0 Å². The van der Waals surface area contributed by atoms with Crippen molar-refractivity contribution in [3.05, 3.63) is 71.3 Å². The van der Waals surface area contributed by atoms with Gasteiger partial charge in [-0.2, -0.15) is 0 Å². The van der Waals surface area contributed by atoms with E-state index in [-0.39, 0.29) is 12.6 Å². The van der Waals surface area contributed by atoms with Crippen molar-refractivity contribution in [2.45, 2.75) is 25.5 Å². The molecule has 21 heavy (non-hydrogen) atoms. The highest BCUT2D eigenvalue weighted by atomic mass is 19.2. The monoisotopic (exact) mass is 291 g/mol. The summed E-state index contributed by atoms with van der Waals surface area (Å²) in [6, 6.07) is 13.5. The molecule has 0 saturated carbocycles. The zero-order valence-corrected chi connectivity index (χ0v) is 11.9. The number of aliphatic hydroxyl groups is 1. The van der Waals surface area contributed by atoms with Gasteiger partial charge in [0.05, 0.1) is 6.10 Å². The fourth-order valence-electron chi connectivity index (χ4n) is 2.27. The summed E-state index contributed by atoms with van der Waals surface area (Å²) < 4.78 is 26.0. The van der Waals surface area contributed by atoms with E-state index in [1.807, 2.05) is 30.3 Å². The molecular weight excluding hydrogens is 272 g/mol. The normalized spacial score (nSPS) is 13.9. The van der Waals surface area contributed by atoms with Crippen LogP contribution >= 0.6 is 0 Å². The van der Waals surface area contributed by atoms with Gasteiger partial charge in [0.2, 0.25) is 0 Å². The van der Waals surface area contributed by atoms with E-state index in [2.05, 4.69) is 12.2 Å². The molecule has 2 atom stereocenters. The third-order valence-corrected chi connectivity index (χ3v) is 3.50. The lowest BCUT2D eigenvalue weighted by Crippen LogP contribution is -2.26. The van der Waals surface area contributed by atoms with Crippen molar-refractivity contribution in [3.8, 4) is 0 Å². The van der Waals surface area contributed by atoms with Gasteiger partial charge in [0.25, 0.3) is 0 Å². The maximum atomic E-state index is 13.2. The topological polar surface area (TPSA) is 32.3 Å². The largest absolute Gasteiger partial charge is 0.387 e. The minimum Gasteiger partial charge on any atom is -0.387 e. The zero-order valence-electron chi connectivity index (χ0n) is 11.9. The number of nitrogens with one attached hydrogen (secondary N) is 1. The van der Waals surface area contributed by atoms with Crippen molar-refractivity contribution >= 4 is 0 Å². The summed E-state index contributed by atoms with van der Waals surface area (Å²) in [5, 5.41) is 13.3.